The van der Waals surface area contributed by atoms with Crippen LogP contribution in [0, 0.1) is 0 Å². The fourth-order valence-corrected chi connectivity index (χ4v) is 2.16. The van der Waals surface area contributed by atoms with Crippen LogP contribution in [0.3, 0.4) is 0 Å². The number of carbonyl (C=O) groups excluding carboxylic acids is 2. The molecule has 106 valence electrons. The second-order valence-electron chi connectivity index (χ2n) is 4.76. The first kappa shape index (κ1) is 13.1. The number of carbonyl (C=O) groups is 2. The number of nitrogens with one attached hydrogen (secondary N) is 3. The van der Waals surface area contributed by atoms with Crippen molar-refractivity contribution in [3.05, 3.63) is 59.8 Å². The van der Waals surface area contributed by atoms with Crippen molar-refractivity contribution in [2.24, 2.45) is 0 Å². The third-order valence-corrected chi connectivity index (χ3v) is 3.21. The van der Waals surface area contributed by atoms with E-state index in [1.165, 1.54) is 0 Å². The van der Waals surface area contributed by atoms with Gasteiger partial charge in [-0.1, -0.05) is 30.3 Å². The van der Waals surface area contributed by atoms with Crippen molar-refractivity contribution in [2.45, 2.75) is 12.5 Å². The molecule has 0 aliphatic carbocycles. The van der Waals surface area contributed by atoms with Gasteiger partial charge in [0.15, 0.2) is 0 Å². The van der Waals surface area contributed by atoms with Crippen molar-refractivity contribution in [2.75, 3.05) is 0 Å². The van der Waals surface area contributed by atoms with Crippen LogP contribution in [-0.4, -0.2) is 27.8 Å². The van der Waals surface area contributed by atoms with Gasteiger partial charge in [0, 0.05) is 18.3 Å². The summed E-state index contributed by atoms with van der Waals surface area (Å²) in [7, 11) is 0. The molecule has 0 unspecified atom stereocenters. The minimum atomic E-state index is -0.592. The van der Waals surface area contributed by atoms with E-state index in [0.29, 0.717) is 6.42 Å². The van der Waals surface area contributed by atoms with Gasteiger partial charge in [0.1, 0.15) is 11.7 Å². The Labute approximate surface area is 121 Å². The van der Waals surface area contributed by atoms with Crippen LogP contribution >= 0.6 is 0 Å². The van der Waals surface area contributed by atoms with Crippen molar-refractivity contribution >= 4 is 17.9 Å². The molecular weight excluding hydrogens is 268 g/mol. The molecule has 1 atom stereocenters. The first-order valence-electron chi connectivity index (χ1n) is 6.58. The molecule has 1 aliphatic rings. The average molecular weight is 282 g/mol. The van der Waals surface area contributed by atoms with E-state index in [9.17, 15) is 9.59 Å². The molecular formula is C15H14N4O2. The molecule has 21 heavy (non-hydrogen) atoms. The van der Waals surface area contributed by atoms with Crippen LogP contribution in [0.4, 0.5) is 0 Å². The number of amides is 2. The lowest BCUT2D eigenvalue weighted by Gasteiger charge is -2.24. The summed E-state index contributed by atoms with van der Waals surface area (Å²) in [6.45, 7) is 0. The summed E-state index contributed by atoms with van der Waals surface area (Å²) in [6.07, 6.45) is 5.21. The fraction of sp³-hybridized carbons (Fsp3) is 0.133. The van der Waals surface area contributed by atoms with Gasteiger partial charge in [-0.05, 0) is 11.6 Å². The van der Waals surface area contributed by atoms with Crippen LogP contribution in [0.25, 0.3) is 6.08 Å². The molecule has 2 heterocycles. The second-order valence-corrected chi connectivity index (χ2v) is 4.76. The first-order valence-corrected chi connectivity index (χ1v) is 6.58. The zero-order valence-electron chi connectivity index (χ0n) is 11.2. The summed E-state index contributed by atoms with van der Waals surface area (Å²) in [6, 6.07) is 8.77. The van der Waals surface area contributed by atoms with Gasteiger partial charge in [-0.25, -0.2) is 4.98 Å². The summed E-state index contributed by atoms with van der Waals surface area (Å²) in [5.74, 6) is -0.519. The highest BCUT2D eigenvalue weighted by Gasteiger charge is 2.29. The van der Waals surface area contributed by atoms with Gasteiger partial charge in [0.25, 0.3) is 5.91 Å². The highest BCUT2D eigenvalue weighted by molar-refractivity contribution is 6.07. The Hall–Kier alpha value is -2.89. The minimum absolute atomic E-state index is 0.230. The second kappa shape index (κ2) is 5.62. The fourth-order valence-electron chi connectivity index (χ4n) is 2.16. The van der Waals surface area contributed by atoms with Gasteiger partial charge in [-0.3, -0.25) is 9.59 Å². The van der Waals surface area contributed by atoms with Crippen LogP contribution in [0.2, 0.25) is 0 Å². The van der Waals surface area contributed by atoms with E-state index in [2.05, 4.69) is 20.6 Å². The molecule has 1 fully saturated rings. The first-order chi connectivity index (χ1) is 10.2. The summed E-state index contributed by atoms with van der Waals surface area (Å²) < 4.78 is 0. The maximum Gasteiger partial charge on any atom is 0.268 e. The number of aromatic nitrogens is 2. The third-order valence-electron chi connectivity index (χ3n) is 3.21. The molecule has 2 amide bonds. The van der Waals surface area contributed by atoms with E-state index in [1.807, 2.05) is 30.3 Å². The largest absolute Gasteiger partial charge is 0.348 e. The molecule has 1 aliphatic heterocycles. The number of hydrogen-bond donors (Lipinski definition) is 3. The van der Waals surface area contributed by atoms with Gasteiger partial charge in [0.2, 0.25) is 5.91 Å². The van der Waals surface area contributed by atoms with Crippen molar-refractivity contribution in [3.8, 4) is 0 Å². The lowest BCUT2D eigenvalue weighted by Crippen LogP contribution is -2.55. The number of rotatable bonds is 3. The molecule has 1 aromatic carbocycles. The maximum atomic E-state index is 12.1. The van der Waals surface area contributed by atoms with Crippen molar-refractivity contribution in [1.82, 2.24) is 20.6 Å². The van der Waals surface area contributed by atoms with E-state index in [0.717, 1.165) is 11.3 Å². The Morgan fingerprint density at radius 2 is 2.00 bits per heavy atom. The number of benzene rings is 1. The van der Waals surface area contributed by atoms with Gasteiger partial charge in [-0.2, -0.15) is 0 Å². The van der Waals surface area contributed by atoms with Crippen LogP contribution < -0.4 is 10.6 Å². The summed E-state index contributed by atoms with van der Waals surface area (Å²) in [5.41, 5.74) is 1.91. The molecule has 1 saturated heterocycles. The smallest absolute Gasteiger partial charge is 0.268 e. The quantitative estimate of drug-likeness (QED) is 0.721. The normalized spacial score (nSPS) is 20.2. The van der Waals surface area contributed by atoms with Crippen LogP contribution in [0.15, 0.2) is 48.6 Å². The van der Waals surface area contributed by atoms with Gasteiger partial charge < -0.3 is 15.6 Å². The maximum absolute atomic E-state index is 12.1. The molecule has 0 bridgehead atoms. The summed E-state index contributed by atoms with van der Waals surface area (Å²) in [4.78, 5) is 30.9. The molecule has 0 radical (unpaired) electrons. The van der Waals surface area contributed by atoms with E-state index >= 15 is 0 Å². The third kappa shape index (κ3) is 3.00. The zero-order chi connectivity index (χ0) is 14.7. The molecule has 6 nitrogen and oxygen atoms in total. The van der Waals surface area contributed by atoms with Crippen LogP contribution in [0.5, 0.6) is 0 Å². The van der Waals surface area contributed by atoms with Crippen molar-refractivity contribution in [3.63, 3.8) is 0 Å². The standard InChI is InChI=1S/C15H14N4O2/c20-14-12(6-10-4-2-1-3-5-10)18-15(21)13(19-14)7-11-8-16-9-17-11/h1-6,8-9,13H,7H2,(H,16,17)(H,18,21)(H,19,20)/b12-6+/t13-/m0/s1. The minimum Gasteiger partial charge on any atom is -0.348 e. The summed E-state index contributed by atoms with van der Waals surface area (Å²) >= 11 is 0. The monoisotopic (exact) mass is 282 g/mol. The number of imidazole rings is 1. The van der Waals surface area contributed by atoms with E-state index in [1.54, 1.807) is 18.6 Å². The number of H-pyrrole nitrogens is 1. The van der Waals surface area contributed by atoms with Crippen molar-refractivity contribution < 1.29 is 9.59 Å². The van der Waals surface area contributed by atoms with Crippen molar-refractivity contribution in [1.29, 1.82) is 0 Å². The van der Waals surface area contributed by atoms with Crippen LogP contribution in [-0.2, 0) is 16.0 Å². The van der Waals surface area contributed by atoms with Gasteiger partial charge in [-0.15, -0.1) is 0 Å². The lowest BCUT2D eigenvalue weighted by molar-refractivity contribution is -0.131. The Morgan fingerprint density at radius 1 is 1.19 bits per heavy atom. The molecule has 3 N–H and O–H groups in total. The number of nitrogens with zero attached hydrogens (tertiary/aromatic N) is 1. The number of piperazine rings is 1. The zero-order valence-corrected chi connectivity index (χ0v) is 11.2. The molecule has 0 saturated carbocycles. The highest BCUT2D eigenvalue weighted by Crippen LogP contribution is 2.10. The SMILES string of the molecule is O=C1N[C@@H](Cc2cnc[nH]2)C(=O)N/C1=C/c1ccccc1. The predicted octanol–water partition coefficient (Wildman–Crippen LogP) is 0.608. The Morgan fingerprint density at radius 3 is 2.71 bits per heavy atom. The Balaban J connectivity index is 1.74. The van der Waals surface area contributed by atoms with Gasteiger partial charge in [0.05, 0.1) is 6.33 Å². The number of aromatic amines is 1. The summed E-state index contributed by atoms with van der Waals surface area (Å²) in [5, 5.41) is 5.36. The topological polar surface area (TPSA) is 86.9 Å². The molecule has 0 spiro atoms. The molecule has 1 aromatic heterocycles. The lowest BCUT2D eigenvalue weighted by atomic mass is 10.1. The Bertz CT molecular complexity index is 677. The molecule has 2 aromatic rings. The van der Waals surface area contributed by atoms with E-state index in [4.69, 9.17) is 0 Å². The predicted molar refractivity (Wildman–Crippen MR) is 76.8 cm³/mol. The van der Waals surface area contributed by atoms with E-state index in [-0.39, 0.29) is 17.5 Å². The molecule has 6 heteroatoms. The van der Waals surface area contributed by atoms with E-state index < -0.39 is 6.04 Å². The van der Waals surface area contributed by atoms with Crippen LogP contribution in [0.1, 0.15) is 11.3 Å². The Kier molecular flexibility index (Phi) is 3.51. The highest BCUT2D eigenvalue weighted by atomic mass is 16.2. The number of hydrogen-bond acceptors (Lipinski definition) is 3. The molecule has 3 rings (SSSR count). The average Bonchev–Trinajstić information content (AvgIpc) is 2.98. The van der Waals surface area contributed by atoms with Gasteiger partial charge >= 0.3 is 0 Å².